The molecule has 1 unspecified atom stereocenters. The fourth-order valence-corrected chi connectivity index (χ4v) is 2.57. The summed E-state index contributed by atoms with van der Waals surface area (Å²) in [7, 11) is 1.96. The maximum absolute atomic E-state index is 4.64. The van der Waals surface area contributed by atoms with Gasteiger partial charge in [0.2, 0.25) is 0 Å². The quantitative estimate of drug-likeness (QED) is 0.788. The molecule has 0 spiro atoms. The fourth-order valence-electron chi connectivity index (χ4n) is 2.57. The number of aromatic nitrogens is 2. The standard InChI is InChI=1S/C17H17N3/c1-12-6-3-10-16(20-12)17(18-2)14-7-4-9-15-13(14)8-5-11-19-15/h3-11,17-18H,1-2H3. The van der Waals surface area contributed by atoms with Crippen LogP contribution in [0.4, 0.5) is 0 Å². The van der Waals surface area contributed by atoms with Crippen LogP contribution in [0.3, 0.4) is 0 Å². The summed E-state index contributed by atoms with van der Waals surface area (Å²) in [5, 5.41) is 4.53. The van der Waals surface area contributed by atoms with E-state index in [1.807, 2.05) is 50.5 Å². The molecule has 1 aromatic carbocycles. The Balaban J connectivity index is 2.17. The second-order valence-electron chi connectivity index (χ2n) is 4.84. The van der Waals surface area contributed by atoms with Crippen molar-refractivity contribution in [2.45, 2.75) is 13.0 Å². The maximum Gasteiger partial charge on any atom is 0.0755 e. The summed E-state index contributed by atoms with van der Waals surface area (Å²) in [5.41, 5.74) is 4.28. The van der Waals surface area contributed by atoms with Crippen molar-refractivity contribution >= 4 is 10.9 Å². The lowest BCUT2D eigenvalue weighted by Crippen LogP contribution is -2.19. The first-order chi connectivity index (χ1) is 9.79. The van der Waals surface area contributed by atoms with E-state index in [0.29, 0.717) is 0 Å². The van der Waals surface area contributed by atoms with E-state index in [-0.39, 0.29) is 6.04 Å². The van der Waals surface area contributed by atoms with Gasteiger partial charge in [-0.1, -0.05) is 24.3 Å². The van der Waals surface area contributed by atoms with E-state index < -0.39 is 0 Å². The minimum Gasteiger partial charge on any atom is -0.308 e. The highest BCUT2D eigenvalue weighted by atomic mass is 14.9. The molecular formula is C17H17N3. The van der Waals surface area contributed by atoms with Crippen LogP contribution in [0, 0.1) is 6.92 Å². The zero-order chi connectivity index (χ0) is 13.9. The zero-order valence-corrected chi connectivity index (χ0v) is 11.7. The second-order valence-corrected chi connectivity index (χ2v) is 4.84. The number of nitrogens with zero attached hydrogens (tertiary/aromatic N) is 2. The Bertz CT molecular complexity index is 732. The first-order valence-electron chi connectivity index (χ1n) is 6.74. The topological polar surface area (TPSA) is 37.8 Å². The van der Waals surface area contributed by atoms with Crippen molar-refractivity contribution in [1.29, 1.82) is 0 Å². The first-order valence-corrected chi connectivity index (χ1v) is 6.74. The van der Waals surface area contributed by atoms with E-state index in [0.717, 1.165) is 22.3 Å². The monoisotopic (exact) mass is 263 g/mol. The summed E-state index contributed by atoms with van der Waals surface area (Å²) in [4.78, 5) is 9.07. The van der Waals surface area contributed by atoms with Gasteiger partial charge < -0.3 is 5.32 Å². The van der Waals surface area contributed by atoms with Crippen molar-refractivity contribution < 1.29 is 0 Å². The summed E-state index contributed by atoms with van der Waals surface area (Å²) in [6.07, 6.45) is 1.82. The van der Waals surface area contributed by atoms with Crippen molar-refractivity contribution in [1.82, 2.24) is 15.3 Å². The van der Waals surface area contributed by atoms with E-state index in [9.17, 15) is 0 Å². The highest BCUT2D eigenvalue weighted by Crippen LogP contribution is 2.26. The van der Waals surface area contributed by atoms with Gasteiger partial charge >= 0.3 is 0 Å². The molecule has 20 heavy (non-hydrogen) atoms. The Morgan fingerprint density at radius 3 is 2.65 bits per heavy atom. The first kappa shape index (κ1) is 12.8. The van der Waals surface area contributed by atoms with Gasteiger partial charge in [-0.3, -0.25) is 9.97 Å². The van der Waals surface area contributed by atoms with Crippen LogP contribution in [0.25, 0.3) is 10.9 Å². The lowest BCUT2D eigenvalue weighted by atomic mass is 9.98. The highest BCUT2D eigenvalue weighted by Gasteiger charge is 2.16. The van der Waals surface area contributed by atoms with Crippen molar-refractivity contribution in [2.75, 3.05) is 7.05 Å². The van der Waals surface area contributed by atoms with Crippen molar-refractivity contribution in [3.63, 3.8) is 0 Å². The lowest BCUT2D eigenvalue weighted by Gasteiger charge is -2.18. The average Bonchev–Trinajstić information content (AvgIpc) is 2.48. The number of fused-ring (bicyclic) bond motifs is 1. The predicted octanol–water partition coefficient (Wildman–Crippen LogP) is 3.25. The van der Waals surface area contributed by atoms with Gasteiger partial charge in [-0.15, -0.1) is 0 Å². The summed E-state index contributed by atoms with van der Waals surface area (Å²) in [6.45, 7) is 2.01. The number of pyridine rings is 2. The molecule has 0 aliphatic heterocycles. The molecule has 2 aromatic heterocycles. The van der Waals surface area contributed by atoms with E-state index in [4.69, 9.17) is 0 Å². The normalized spacial score (nSPS) is 12.5. The third-order valence-electron chi connectivity index (χ3n) is 3.48. The third kappa shape index (κ3) is 2.28. The molecule has 100 valence electrons. The van der Waals surface area contributed by atoms with Crippen LogP contribution in [0.5, 0.6) is 0 Å². The van der Waals surface area contributed by atoms with Gasteiger partial charge in [-0.25, -0.2) is 0 Å². The summed E-state index contributed by atoms with van der Waals surface area (Å²) < 4.78 is 0. The molecule has 0 aliphatic rings. The molecule has 0 aliphatic carbocycles. The second kappa shape index (κ2) is 5.39. The van der Waals surface area contributed by atoms with Gasteiger partial charge in [-0.05, 0) is 43.8 Å². The van der Waals surface area contributed by atoms with Crippen molar-refractivity contribution in [3.8, 4) is 0 Å². The van der Waals surface area contributed by atoms with Crippen LogP contribution < -0.4 is 5.32 Å². The van der Waals surface area contributed by atoms with Crippen molar-refractivity contribution in [3.05, 3.63) is 71.7 Å². The molecule has 3 aromatic rings. The number of rotatable bonds is 3. The third-order valence-corrected chi connectivity index (χ3v) is 3.48. The zero-order valence-electron chi connectivity index (χ0n) is 11.7. The minimum atomic E-state index is 0.0720. The van der Waals surface area contributed by atoms with Gasteiger partial charge in [0, 0.05) is 17.3 Å². The average molecular weight is 263 g/mol. The summed E-state index contributed by atoms with van der Waals surface area (Å²) in [5.74, 6) is 0. The molecule has 3 nitrogen and oxygen atoms in total. The van der Waals surface area contributed by atoms with Gasteiger partial charge in [0.1, 0.15) is 0 Å². The predicted molar refractivity (Wildman–Crippen MR) is 81.6 cm³/mol. The Labute approximate surface area is 118 Å². The molecule has 1 atom stereocenters. The van der Waals surface area contributed by atoms with Gasteiger partial charge in [-0.2, -0.15) is 0 Å². The van der Waals surface area contributed by atoms with Crippen molar-refractivity contribution in [2.24, 2.45) is 0 Å². The maximum atomic E-state index is 4.64. The van der Waals surface area contributed by atoms with Crippen LogP contribution >= 0.6 is 0 Å². The molecule has 0 saturated carbocycles. The number of hydrogen-bond acceptors (Lipinski definition) is 3. The largest absolute Gasteiger partial charge is 0.308 e. The van der Waals surface area contributed by atoms with Crippen LogP contribution in [0.15, 0.2) is 54.7 Å². The molecule has 0 bridgehead atoms. The number of nitrogens with one attached hydrogen (secondary N) is 1. The SMILES string of the molecule is CNC(c1cccc(C)n1)c1cccc2ncccc12. The Morgan fingerprint density at radius 1 is 1.00 bits per heavy atom. The molecule has 1 N–H and O–H groups in total. The Kier molecular flexibility index (Phi) is 3.44. The molecule has 2 heterocycles. The fraction of sp³-hybridized carbons (Fsp3) is 0.176. The molecule has 0 saturated heterocycles. The van der Waals surface area contributed by atoms with Gasteiger partial charge in [0.25, 0.3) is 0 Å². The lowest BCUT2D eigenvalue weighted by molar-refractivity contribution is 0.673. The van der Waals surface area contributed by atoms with E-state index in [2.05, 4.69) is 33.5 Å². The number of benzene rings is 1. The molecule has 3 heteroatoms. The smallest absolute Gasteiger partial charge is 0.0755 e. The van der Waals surface area contributed by atoms with Crippen LogP contribution in [-0.2, 0) is 0 Å². The Hall–Kier alpha value is -2.26. The van der Waals surface area contributed by atoms with E-state index in [1.54, 1.807) is 0 Å². The number of aryl methyl sites for hydroxylation is 1. The van der Waals surface area contributed by atoms with Crippen LogP contribution in [-0.4, -0.2) is 17.0 Å². The Morgan fingerprint density at radius 2 is 1.85 bits per heavy atom. The molecule has 0 radical (unpaired) electrons. The minimum absolute atomic E-state index is 0.0720. The highest BCUT2D eigenvalue weighted by molar-refractivity contribution is 5.82. The molecule has 3 rings (SSSR count). The van der Waals surface area contributed by atoms with E-state index in [1.165, 1.54) is 5.56 Å². The van der Waals surface area contributed by atoms with Crippen LogP contribution in [0.2, 0.25) is 0 Å². The summed E-state index contributed by atoms with van der Waals surface area (Å²) in [6, 6.07) is 16.5. The van der Waals surface area contributed by atoms with E-state index >= 15 is 0 Å². The summed E-state index contributed by atoms with van der Waals surface area (Å²) >= 11 is 0. The number of hydrogen-bond donors (Lipinski definition) is 1. The molecule has 0 fully saturated rings. The molecule has 0 amide bonds. The van der Waals surface area contributed by atoms with Gasteiger partial charge in [0.05, 0.1) is 17.3 Å². The van der Waals surface area contributed by atoms with Crippen LogP contribution in [0.1, 0.15) is 23.0 Å². The molecular weight excluding hydrogens is 246 g/mol. The van der Waals surface area contributed by atoms with Gasteiger partial charge in [0.15, 0.2) is 0 Å².